The summed E-state index contributed by atoms with van der Waals surface area (Å²) in [5, 5.41) is 4.92. The summed E-state index contributed by atoms with van der Waals surface area (Å²) in [5.74, 6) is 0. The van der Waals surface area contributed by atoms with Gasteiger partial charge >= 0.3 is 0 Å². The molecule has 0 aromatic heterocycles. The van der Waals surface area contributed by atoms with Crippen LogP contribution in [-0.2, 0) is 27.1 Å². The van der Waals surface area contributed by atoms with E-state index in [1.54, 1.807) is 0 Å². The van der Waals surface area contributed by atoms with E-state index in [4.69, 9.17) is 0 Å². The Morgan fingerprint density at radius 2 is 0.426 bits per heavy atom. The number of hydrogen-bond acceptors (Lipinski definition) is 2. The van der Waals surface area contributed by atoms with Crippen molar-refractivity contribution in [2.24, 2.45) is 0 Å². The molecule has 0 amide bonds. The molecule has 19 rings (SSSR count). The van der Waals surface area contributed by atoms with Crippen molar-refractivity contribution in [3.05, 3.63) is 357 Å². The van der Waals surface area contributed by atoms with Crippen molar-refractivity contribution in [3.63, 3.8) is 0 Å². The molecule has 14 aromatic rings. The molecule has 0 unspecified atom stereocenters. The zero-order valence-electron chi connectivity index (χ0n) is 59.3. The molecule has 0 aliphatic heterocycles. The second-order valence-corrected chi connectivity index (χ2v) is 31.7. The predicted molar refractivity (Wildman–Crippen MR) is 429 cm³/mol. The van der Waals surface area contributed by atoms with Crippen molar-refractivity contribution >= 4 is 80.0 Å². The van der Waals surface area contributed by atoms with Crippen LogP contribution in [0.2, 0.25) is 0 Å². The van der Waals surface area contributed by atoms with Crippen LogP contribution in [-0.4, -0.2) is 0 Å². The fourth-order valence-electron chi connectivity index (χ4n) is 18.7. The van der Waals surface area contributed by atoms with Crippen molar-refractivity contribution in [3.8, 4) is 55.6 Å². The molecule has 14 aromatic carbocycles. The third kappa shape index (κ3) is 9.09. The number of nitrogens with zero attached hydrogens (tertiary/aromatic N) is 2. The molecule has 0 radical (unpaired) electrons. The van der Waals surface area contributed by atoms with Crippen LogP contribution in [0.3, 0.4) is 0 Å². The zero-order chi connectivity index (χ0) is 68.6. The van der Waals surface area contributed by atoms with Gasteiger partial charge in [0.25, 0.3) is 0 Å². The smallest absolute Gasteiger partial charge is 0.0540 e. The largest absolute Gasteiger partial charge is 0.310 e. The van der Waals surface area contributed by atoms with E-state index < -0.39 is 0 Å². The van der Waals surface area contributed by atoms with Gasteiger partial charge in [-0.1, -0.05) is 312 Å². The molecular weight excluding hydrogens is 1220 g/mol. The number of rotatable bonds is 10. The third-order valence-corrected chi connectivity index (χ3v) is 24.2. The summed E-state index contributed by atoms with van der Waals surface area (Å²) in [5.41, 5.74) is 37.8. The summed E-state index contributed by atoms with van der Waals surface area (Å²) in [7, 11) is 0. The molecule has 101 heavy (non-hydrogen) atoms. The van der Waals surface area contributed by atoms with Gasteiger partial charge < -0.3 is 9.80 Å². The summed E-state index contributed by atoms with van der Waals surface area (Å²) in [6.45, 7) is 23.9. The summed E-state index contributed by atoms with van der Waals surface area (Å²) in [6, 6.07) is 106. The first-order chi connectivity index (χ1) is 48.8. The molecule has 0 bridgehead atoms. The average Bonchev–Trinajstić information content (AvgIpc) is 1.61. The van der Waals surface area contributed by atoms with Crippen LogP contribution in [0.1, 0.15) is 147 Å². The van der Waals surface area contributed by atoms with Crippen LogP contribution in [0.5, 0.6) is 0 Å². The zero-order valence-corrected chi connectivity index (χ0v) is 59.3. The van der Waals surface area contributed by atoms with Gasteiger partial charge in [0, 0.05) is 60.6 Å². The molecule has 2 nitrogen and oxygen atoms in total. The van der Waals surface area contributed by atoms with Crippen molar-refractivity contribution in [2.45, 2.75) is 96.3 Å². The molecule has 0 atom stereocenters. The first-order valence-corrected chi connectivity index (χ1v) is 36.1. The Morgan fingerprint density at radius 1 is 0.198 bits per heavy atom. The Kier molecular flexibility index (Phi) is 13.2. The van der Waals surface area contributed by atoms with E-state index in [1.165, 1.54) is 178 Å². The maximum absolute atomic E-state index is 2.50. The van der Waals surface area contributed by atoms with Crippen LogP contribution < -0.4 is 9.80 Å². The molecule has 2 heteroatoms. The highest BCUT2D eigenvalue weighted by Crippen LogP contribution is 2.58. The lowest BCUT2D eigenvalue weighted by molar-refractivity contribution is 0.659. The first-order valence-electron chi connectivity index (χ1n) is 36.1. The highest BCUT2D eigenvalue weighted by molar-refractivity contribution is 6.02. The van der Waals surface area contributed by atoms with Gasteiger partial charge in [-0.3, -0.25) is 0 Å². The molecule has 0 spiro atoms. The Hall–Kier alpha value is -11.3. The van der Waals surface area contributed by atoms with Gasteiger partial charge in [-0.05, 0) is 205 Å². The SMILES string of the molecule is CC1(C)c2cc(/C=C/c3ccc4c(c3)C(C)(C)c3cc(N(c5ccc6c(c5)C(C)(C)c5ccccc5-6)c5cccc6ccccc56)ccc3-4)ccc2-c2ccc(/C=C/c3ccc4c(c3)C(C)(C)c3cc(N(c5ccc6c(c5)C(C)(C)c5ccccc5-6)c5cccc6ccccc56)ccc3-4)cc21. The second-order valence-electron chi connectivity index (χ2n) is 31.7. The van der Waals surface area contributed by atoms with Crippen molar-refractivity contribution < 1.29 is 0 Å². The minimum absolute atomic E-state index is 0.121. The van der Waals surface area contributed by atoms with Gasteiger partial charge in [-0.25, -0.2) is 0 Å². The maximum atomic E-state index is 2.50. The fourth-order valence-corrected chi connectivity index (χ4v) is 18.7. The molecule has 0 saturated carbocycles. The Bertz CT molecular complexity index is 5580. The van der Waals surface area contributed by atoms with Crippen LogP contribution in [0.25, 0.3) is 101 Å². The topological polar surface area (TPSA) is 6.48 Å². The minimum Gasteiger partial charge on any atom is -0.310 e. The highest BCUT2D eigenvalue weighted by Gasteiger charge is 2.42. The standard InChI is InChI=1S/C99H80N2/c1-95(2)83-29-17-15-27-73(83)79-49-41-67(57-89(79)95)100(93-31-19-23-65-21-11-13-25-71(65)93)69-43-51-81-77-47-39-63(55-87(77)98(7,8)91(81)59-69)35-33-61-37-45-75-76-46-38-62(54-86(76)97(5,6)85(75)53-61)34-36-64-40-48-78-82-52-44-70(60-92(82)99(9,10)88(78)56-64)101(94-32-20-24-66-22-12-14-26-72(66)94)68-42-50-80-74-28-16-18-30-84(74)96(3,4)90(80)58-68/h11-60H,1-10H3/b35-33+,36-34+. The van der Waals surface area contributed by atoms with Crippen LogP contribution >= 0.6 is 0 Å². The number of hydrogen-bond donors (Lipinski definition) is 0. The Balaban J connectivity index is 0.580. The van der Waals surface area contributed by atoms with Crippen LogP contribution in [0.4, 0.5) is 34.1 Å². The van der Waals surface area contributed by atoms with Gasteiger partial charge in [0.05, 0.1) is 11.4 Å². The Labute approximate surface area is 594 Å². The molecule has 486 valence electrons. The summed E-state index contributed by atoms with van der Waals surface area (Å²) < 4.78 is 0. The van der Waals surface area contributed by atoms with E-state index >= 15 is 0 Å². The molecule has 0 saturated heterocycles. The van der Waals surface area contributed by atoms with Gasteiger partial charge in [0.1, 0.15) is 0 Å². The Morgan fingerprint density at radius 3 is 0.733 bits per heavy atom. The van der Waals surface area contributed by atoms with E-state index in [1.807, 2.05) is 0 Å². The molecule has 5 aliphatic carbocycles. The van der Waals surface area contributed by atoms with E-state index in [-0.39, 0.29) is 27.1 Å². The van der Waals surface area contributed by atoms with Crippen molar-refractivity contribution in [1.29, 1.82) is 0 Å². The van der Waals surface area contributed by atoms with Crippen molar-refractivity contribution in [1.82, 2.24) is 0 Å². The molecule has 0 fully saturated rings. The van der Waals surface area contributed by atoms with Crippen LogP contribution in [0.15, 0.2) is 279 Å². The lowest BCUT2D eigenvalue weighted by Gasteiger charge is -2.30. The molecule has 0 N–H and O–H groups in total. The number of benzene rings is 14. The monoisotopic (exact) mass is 1300 g/mol. The van der Waals surface area contributed by atoms with Gasteiger partial charge in [-0.2, -0.15) is 0 Å². The molecular formula is C99H80N2. The quantitative estimate of drug-likeness (QED) is 0.126. The average molecular weight is 1300 g/mol. The fraction of sp³-hybridized carbons (Fsp3) is 0.152. The normalized spacial score (nSPS) is 15.7. The van der Waals surface area contributed by atoms with E-state index in [2.05, 4.69) is 382 Å². The summed E-state index contributed by atoms with van der Waals surface area (Å²) >= 11 is 0. The second kappa shape index (κ2) is 21.8. The van der Waals surface area contributed by atoms with Crippen LogP contribution in [0, 0.1) is 0 Å². The van der Waals surface area contributed by atoms with Gasteiger partial charge in [0.15, 0.2) is 0 Å². The number of fused-ring (bicyclic) bond motifs is 17. The van der Waals surface area contributed by atoms with E-state index in [0.717, 1.165) is 11.4 Å². The highest BCUT2D eigenvalue weighted by atomic mass is 15.2. The minimum atomic E-state index is -0.232. The van der Waals surface area contributed by atoms with E-state index in [9.17, 15) is 0 Å². The molecule has 0 heterocycles. The summed E-state index contributed by atoms with van der Waals surface area (Å²) in [4.78, 5) is 5.00. The first kappa shape index (κ1) is 60.8. The third-order valence-electron chi connectivity index (χ3n) is 24.2. The predicted octanol–water partition coefficient (Wildman–Crippen LogP) is 26.8. The van der Waals surface area contributed by atoms with Gasteiger partial charge in [-0.15, -0.1) is 0 Å². The number of anilines is 6. The lowest BCUT2D eigenvalue weighted by Crippen LogP contribution is -2.18. The van der Waals surface area contributed by atoms with Gasteiger partial charge in [0.2, 0.25) is 0 Å². The summed E-state index contributed by atoms with van der Waals surface area (Å²) in [6.07, 6.45) is 9.25. The van der Waals surface area contributed by atoms with E-state index in [0.29, 0.717) is 0 Å². The molecule has 5 aliphatic rings. The van der Waals surface area contributed by atoms with Crippen molar-refractivity contribution in [2.75, 3.05) is 9.80 Å². The lowest BCUT2D eigenvalue weighted by atomic mass is 9.81. The maximum Gasteiger partial charge on any atom is 0.0540 e.